The number of ether oxygens (including phenoxy) is 1. The Labute approximate surface area is 238 Å². The van der Waals surface area contributed by atoms with Gasteiger partial charge in [-0.15, -0.1) is 0 Å². The summed E-state index contributed by atoms with van der Waals surface area (Å²) in [6.07, 6.45) is 1.81. The molecule has 0 spiro atoms. The fourth-order valence-corrected chi connectivity index (χ4v) is 6.25. The van der Waals surface area contributed by atoms with E-state index < -0.39 is 16.9 Å². The third-order valence-electron chi connectivity index (χ3n) is 6.79. The summed E-state index contributed by atoms with van der Waals surface area (Å²) in [6, 6.07) is 14.6. The number of hydrogen-bond acceptors (Lipinski definition) is 7. The predicted molar refractivity (Wildman–Crippen MR) is 154 cm³/mol. The molecule has 40 heavy (non-hydrogen) atoms. The number of nitrogens with zero attached hydrogens (tertiary/aromatic N) is 4. The van der Waals surface area contributed by atoms with E-state index in [1.807, 2.05) is 30.5 Å². The average Bonchev–Trinajstić information content (AvgIpc) is 3.37. The van der Waals surface area contributed by atoms with Crippen molar-refractivity contribution in [3.05, 3.63) is 123 Å². The van der Waals surface area contributed by atoms with Crippen LogP contribution in [-0.4, -0.2) is 26.6 Å². The second-order valence-electron chi connectivity index (χ2n) is 9.26. The molecule has 0 N–H and O–H groups in total. The molecule has 11 heteroatoms. The van der Waals surface area contributed by atoms with Crippen molar-refractivity contribution in [1.29, 1.82) is 0 Å². The highest BCUT2D eigenvalue weighted by Crippen LogP contribution is 2.34. The normalized spacial score (nSPS) is 15.1. The van der Waals surface area contributed by atoms with E-state index in [4.69, 9.17) is 16.3 Å². The number of aryl methyl sites for hydroxylation is 1. The number of aromatic nitrogens is 2. The summed E-state index contributed by atoms with van der Waals surface area (Å²) in [5.41, 5.74) is 4.40. The first-order valence-electron chi connectivity index (χ1n) is 12.5. The summed E-state index contributed by atoms with van der Waals surface area (Å²) in [5, 5.41) is 11.5. The Morgan fingerprint density at radius 1 is 1.18 bits per heavy atom. The quantitative estimate of drug-likeness (QED) is 0.187. The van der Waals surface area contributed by atoms with Crippen LogP contribution in [-0.2, 0) is 9.53 Å². The molecule has 5 rings (SSSR count). The van der Waals surface area contributed by atoms with Gasteiger partial charge in [-0.3, -0.25) is 19.5 Å². The Kier molecular flexibility index (Phi) is 7.31. The molecule has 0 saturated carbocycles. The van der Waals surface area contributed by atoms with Crippen molar-refractivity contribution in [2.45, 2.75) is 33.7 Å². The lowest BCUT2D eigenvalue weighted by atomic mass is 9.96. The number of allylic oxidation sites excluding steroid dienone is 1. The van der Waals surface area contributed by atoms with Gasteiger partial charge < -0.3 is 9.30 Å². The number of esters is 1. The van der Waals surface area contributed by atoms with E-state index >= 15 is 0 Å². The fourth-order valence-electron chi connectivity index (χ4n) is 4.98. The van der Waals surface area contributed by atoms with Gasteiger partial charge in [0.25, 0.3) is 11.2 Å². The molecule has 9 nitrogen and oxygen atoms in total. The van der Waals surface area contributed by atoms with Gasteiger partial charge in [0.2, 0.25) is 0 Å². The molecule has 0 aliphatic carbocycles. The van der Waals surface area contributed by atoms with E-state index in [-0.39, 0.29) is 23.4 Å². The standard InChI is InChI=1S/C29H25ClN4O5S/c1-5-39-28(36)25-17(3)31-29-33(26(25)22-8-6-7-9-23(22)30)27(35)24(40-29)15-19-14-16(2)32(18(19)4)20-10-12-21(13-11-20)34(37)38/h6-15,26H,5H2,1-4H3/b24-15-/t26-/m0/s1. The van der Waals surface area contributed by atoms with Gasteiger partial charge in [0, 0.05) is 34.2 Å². The second-order valence-corrected chi connectivity index (χ2v) is 10.7. The summed E-state index contributed by atoms with van der Waals surface area (Å²) in [5.74, 6) is -0.547. The van der Waals surface area contributed by atoms with Gasteiger partial charge in [-0.1, -0.05) is 41.1 Å². The Morgan fingerprint density at radius 2 is 1.88 bits per heavy atom. The molecule has 2 aromatic heterocycles. The van der Waals surface area contributed by atoms with E-state index in [2.05, 4.69) is 4.99 Å². The minimum Gasteiger partial charge on any atom is -0.463 e. The summed E-state index contributed by atoms with van der Waals surface area (Å²) < 4.78 is 9.26. The second kappa shape index (κ2) is 10.7. The van der Waals surface area contributed by atoms with Crippen molar-refractivity contribution < 1.29 is 14.5 Å². The number of rotatable bonds is 6. The Morgan fingerprint density at radius 3 is 2.52 bits per heavy atom. The van der Waals surface area contributed by atoms with Crippen LogP contribution in [0.4, 0.5) is 5.69 Å². The van der Waals surface area contributed by atoms with Crippen molar-refractivity contribution in [3.63, 3.8) is 0 Å². The Bertz CT molecular complexity index is 1880. The van der Waals surface area contributed by atoms with Crippen LogP contribution < -0.4 is 14.9 Å². The van der Waals surface area contributed by atoms with Gasteiger partial charge in [0.05, 0.1) is 27.3 Å². The first kappa shape index (κ1) is 27.3. The maximum atomic E-state index is 13.9. The molecule has 1 aliphatic heterocycles. The van der Waals surface area contributed by atoms with E-state index in [0.29, 0.717) is 25.6 Å². The lowest BCUT2D eigenvalue weighted by Gasteiger charge is -2.25. The number of non-ortho nitro benzene ring substituents is 1. The number of benzene rings is 2. The maximum Gasteiger partial charge on any atom is 0.338 e. The molecule has 0 saturated heterocycles. The summed E-state index contributed by atoms with van der Waals surface area (Å²) >= 11 is 7.80. The maximum absolute atomic E-state index is 13.9. The van der Waals surface area contributed by atoms with Crippen molar-refractivity contribution >= 4 is 40.7 Å². The number of nitro groups is 1. The minimum atomic E-state index is -0.793. The number of thiazole rings is 1. The molecule has 204 valence electrons. The lowest BCUT2D eigenvalue weighted by Crippen LogP contribution is -2.40. The van der Waals surface area contributed by atoms with Crippen LogP contribution >= 0.6 is 22.9 Å². The van der Waals surface area contributed by atoms with Crippen LogP contribution in [0.15, 0.2) is 75.7 Å². The first-order valence-corrected chi connectivity index (χ1v) is 13.7. The SMILES string of the molecule is CCOC(=O)C1=C(C)N=c2s/c(=C\c3cc(C)n(-c4ccc([N+](=O)[O-])cc4)c3C)c(=O)n2[C@H]1c1ccccc1Cl. The van der Waals surface area contributed by atoms with Crippen molar-refractivity contribution in [3.8, 4) is 5.69 Å². The molecule has 4 aromatic rings. The topological polar surface area (TPSA) is 109 Å². The molecule has 0 bridgehead atoms. The number of fused-ring (bicyclic) bond motifs is 1. The molecule has 0 unspecified atom stereocenters. The smallest absolute Gasteiger partial charge is 0.338 e. The average molecular weight is 577 g/mol. The van der Waals surface area contributed by atoms with E-state index in [1.165, 1.54) is 28.0 Å². The number of hydrogen-bond donors (Lipinski definition) is 0. The largest absolute Gasteiger partial charge is 0.463 e. The number of nitro benzene ring substituents is 1. The van der Waals surface area contributed by atoms with Crippen molar-refractivity contribution in [2.75, 3.05) is 6.61 Å². The molecular weight excluding hydrogens is 552 g/mol. The van der Waals surface area contributed by atoms with Gasteiger partial charge in [0.15, 0.2) is 4.80 Å². The molecule has 1 aliphatic rings. The van der Waals surface area contributed by atoms with Gasteiger partial charge in [0.1, 0.15) is 6.04 Å². The zero-order valence-electron chi connectivity index (χ0n) is 22.2. The molecule has 0 radical (unpaired) electrons. The number of carbonyl (C=O) groups is 1. The first-order chi connectivity index (χ1) is 19.1. The van der Waals surface area contributed by atoms with E-state index in [9.17, 15) is 19.7 Å². The fraction of sp³-hybridized carbons (Fsp3) is 0.207. The Hall–Kier alpha value is -4.28. The molecule has 3 heterocycles. The highest BCUT2D eigenvalue weighted by Gasteiger charge is 2.34. The monoisotopic (exact) mass is 576 g/mol. The highest BCUT2D eigenvalue weighted by atomic mass is 35.5. The minimum absolute atomic E-state index is 0.0121. The lowest BCUT2D eigenvalue weighted by molar-refractivity contribution is -0.384. The van der Waals surface area contributed by atoms with Crippen LogP contribution in [0, 0.1) is 24.0 Å². The van der Waals surface area contributed by atoms with Crippen molar-refractivity contribution in [2.24, 2.45) is 4.99 Å². The van der Waals surface area contributed by atoms with Gasteiger partial charge in [-0.2, -0.15) is 0 Å². The Balaban J connectivity index is 1.67. The summed E-state index contributed by atoms with van der Waals surface area (Å²) in [7, 11) is 0. The third kappa shape index (κ3) is 4.69. The van der Waals surface area contributed by atoms with E-state index in [0.717, 1.165) is 22.6 Å². The zero-order valence-corrected chi connectivity index (χ0v) is 23.7. The van der Waals surface area contributed by atoms with E-state index in [1.54, 1.807) is 50.3 Å². The van der Waals surface area contributed by atoms with Crippen LogP contribution in [0.3, 0.4) is 0 Å². The van der Waals surface area contributed by atoms with Crippen LogP contribution in [0.2, 0.25) is 5.02 Å². The van der Waals surface area contributed by atoms with Crippen LogP contribution in [0.25, 0.3) is 11.8 Å². The molecule has 0 amide bonds. The number of carbonyl (C=O) groups excluding carboxylic acids is 1. The van der Waals surface area contributed by atoms with Gasteiger partial charge in [-0.05, 0) is 69.2 Å². The predicted octanol–water partition coefficient (Wildman–Crippen LogP) is 4.77. The van der Waals surface area contributed by atoms with Gasteiger partial charge in [-0.25, -0.2) is 9.79 Å². The van der Waals surface area contributed by atoms with Gasteiger partial charge >= 0.3 is 5.97 Å². The summed E-state index contributed by atoms with van der Waals surface area (Å²) in [4.78, 5) is 42.7. The van der Waals surface area contributed by atoms with Crippen molar-refractivity contribution in [1.82, 2.24) is 9.13 Å². The summed E-state index contributed by atoms with van der Waals surface area (Å²) in [6.45, 7) is 7.48. The highest BCUT2D eigenvalue weighted by molar-refractivity contribution is 7.07. The number of halogens is 1. The van der Waals surface area contributed by atoms with Crippen LogP contribution in [0.5, 0.6) is 0 Å². The third-order valence-corrected chi connectivity index (χ3v) is 8.12. The molecular formula is C29H25ClN4O5S. The molecule has 0 fully saturated rings. The zero-order chi connectivity index (χ0) is 28.7. The van der Waals surface area contributed by atoms with Crippen LogP contribution in [0.1, 0.15) is 42.4 Å². The molecule has 2 aromatic carbocycles. The molecule has 1 atom stereocenters.